The maximum Gasteiger partial charge on any atom is 0.0999 e. The quantitative estimate of drug-likeness (QED) is 0.793. The van der Waals surface area contributed by atoms with Gasteiger partial charge >= 0.3 is 0 Å². The molecule has 0 bridgehead atoms. The molecule has 0 radical (unpaired) electrons. The molecule has 2 heterocycles. The summed E-state index contributed by atoms with van der Waals surface area (Å²) in [6.45, 7) is 7.32. The highest BCUT2D eigenvalue weighted by atomic mass is 16.5. The van der Waals surface area contributed by atoms with E-state index in [4.69, 9.17) is 4.74 Å². The van der Waals surface area contributed by atoms with Gasteiger partial charge < -0.3 is 10.1 Å². The fraction of sp³-hybridized carbons (Fsp3) is 0.769. The number of nitrogens with zero attached hydrogens (tertiary/aromatic N) is 1. The molecule has 2 aliphatic rings. The Morgan fingerprint density at radius 1 is 1.56 bits per heavy atom. The first-order valence-corrected chi connectivity index (χ1v) is 6.32. The van der Waals surface area contributed by atoms with Crippen molar-refractivity contribution in [2.24, 2.45) is 10.9 Å². The highest BCUT2D eigenvalue weighted by molar-refractivity contribution is 5.93. The monoisotopic (exact) mass is 222 g/mol. The smallest absolute Gasteiger partial charge is 0.0999 e. The molecule has 3 heteroatoms. The molecule has 0 aromatic carbocycles. The zero-order chi connectivity index (χ0) is 11.4. The van der Waals surface area contributed by atoms with Gasteiger partial charge in [-0.2, -0.15) is 0 Å². The molecule has 1 fully saturated rings. The maximum absolute atomic E-state index is 5.90. The SMILES string of the molecule is CC1=NC(C)CC(OC[C@@H]2CCCNC2)=C1. The number of rotatable bonds is 3. The summed E-state index contributed by atoms with van der Waals surface area (Å²) in [7, 11) is 0. The minimum Gasteiger partial charge on any atom is -0.497 e. The fourth-order valence-electron chi connectivity index (χ4n) is 2.41. The van der Waals surface area contributed by atoms with Crippen molar-refractivity contribution >= 4 is 5.71 Å². The van der Waals surface area contributed by atoms with Crippen LogP contribution >= 0.6 is 0 Å². The van der Waals surface area contributed by atoms with E-state index in [1.165, 1.54) is 19.4 Å². The molecule has 0 saturated carbocycles. The molecule has 90 valence electrons. The van der Waals surface area contributed by atoms with Gasteiger partial charge in [0.15, 0.2) is 0 Å². The first-order valence-electron chi connectivity index (χ1n) is 6.32. The van der Waals surface area contributed by atoms with Gasteiger partial charge in [0.05, 0.1) is 18.4 Å². The Morgan fingerprint density at radius 2 is 2.44 bits per heavy atom. The Hall–Kier alpha value is -0.830. The largest absolute Gasteiger partial charge is 0.497 e. The number of hydrogen-bond donors (Lipinski definition) is 1. The lowest BCUT2D eigenvalue weighted by Gasteiger charge is -2.25. The number of ether oxygens (including phenoxy) is 1. The van der Waals surface area contributed by atoms with Crippen molar-refractivity contribution in [2.45, 2.75) is 39.2 Å². The Bertz CT molecular complexity index is 290. The molecule has 1 saturated heterocycles. The van der Waals surface area contributed by atoms with E-state index in [9.17, 15) is 0 Å². The summed E-state index contributed by atoms with van der Waals surface area (Å²) >= 11 is 0. The second-order valence-electron chi connectivity index (χ2n) is 4.96. The molecule has 1 unspecified atom stereocenters. The molecule has 2 aliphatic heterocycles. The molecule has 0 spiro atoms. The third-order valence-corrected chi connectivity index (χ3v) is 3.19. The minimum absolute atomic E-state index is 0.379. The van der Waals surface area contributed by atoms with Gasteiger partial charge in [-0.1, -0.05) is 0 Å². The average Bonchev–Trinajstić information content (AvgIpc) is 2.27. The Labute approximate surface area is 98.0 Å². The highest BCUT2D eigenvalue weighted by Gasteiger charge is 2.16. The van der Waals surface area contributed by atoms with Crippen molar-refractivity contribution in [3.8, 4) is 0 Å². The molecule has 3 nitrogen and oxygen atoms in total. The number of dihydropyridines is 1. The third kappa shape index (κ3) is 3.34. The van der Waals surface area contributed by atoms with Crippen molar-refractivity contribution in [3.05, 3.63) is 11.8 Å². The zero-order valence-corrected chi connectivity index (χ0v) is 10.3. The number of allylic oxidation sites excluding steroid dienone is 1. The van der Waals surface area contributed by atoms with Gasteiger partial charge in [-0.25, -0.2) is 0 Å². The van der Waals surface area contributed by atoms with Crippen LogP contribution in [0, 0.1) is 5.92 Å². The topological polar surface area (TPSA) is 33.6 Å². The highest BCUT2D eigenvalue weighted by Crippen LogP contribution is 2.18. The van der Waals surface area contributed by atoms with Crippen molar-refractivity contribution in [1.82, 2.24) is 5.32 Å². The van der Waals surface area contributed by atoms with Crippen LogP contribution in [0.4, 0.5) is 0 Å². The van der Waals surface area contributed by atoms with E-state index in [-0.39, 0.29) is 0 Å². The van der Waals surface area contributed by atoms with Crippen LogP contribution in [0.1, 0.15) is 33.1 Å². The van der Waals surface area contributed by atoms with Crippen LogP contribution in [0.15, 0.2) is 16.8 Å². The number of nitrogens with one attached hydrogen (secondary N) is 1. The first kappa shape index (κ1) is 11.6. The average molecular weight is 222 g/mol. The van der Waals surface area contributed by atoms with Crippen LogP contribution in [0.2, 0.25) is 0 Å². The van der Waals surface area contributed by atoms with Gasteiger partial charge in [0, 0.05) is 24.6 Å². The van der Waals surface area contributed by atoms with Crippen LogP contribution < -0.4 is 5.32 Å². The van der Waals surface area contributed by atoms with E-state index in [0.29, 0.717) is 12.0 Å². The predicted molar refractivity (Wildman–Crippen MR) is 66.8 cm³/mol. The van der Waals surface area contributed by atoms with Crippen LogP contribution in [-0.4, -0.2) is 31.4 Å². The summed E-state index contributed by atoms with van der Waals surface area (Å²) < 4.78 is 5.90. The Balaban J connectivity index is 1.79. The van der Waals surface area contributed by atoms with Crippen molar-refractivity contribution in [2.75, 3.05) is 19.7 Å². The molecule has 2 atom stereocenters. The molecule has 1 N–H and O–H groups in total. The molecule has 2 rings (SSSR count). The molecule has 0 aromatic heterocycles. The summed E-state index contributed by atoms with van der Waals surface area (Å²) in [5, 5.41) is 3.42. The zero-order valence-electron chi connectivity index (χ0n) is 10.3. The van der Waals surface area contributed by atoms with E-state index in [1.54, 1.807) is 0 Å². The minimum atomic E-state index is 0.379. The first-order chi connectivity index (χ1) is 7.74. The molecular weight excluding hydrogens is 200 g/mol. The van der Waals surface area contributed by atoms with Gasteiger partial charge in [-0.15, -0.1) is 0 Å². The van der Waals surface area contributed by atoms with Gasteiger partial charge in [0.2, 0.25) is 0 Å². The lowest BCUT2D eigenvalue weighted by Crippen LogP contribution is -2.32. The third-order valence-electron chi connectivity index (χ3n) is 3.19. The second-order valence-corrected chi connectivity index (χ2v) is 4.96. The van der Waals surface area contributed by atoms with Gasteiger partial charge in [0.1, 0.15) is 0 Å². The summed E-state index contributed by atoms with van der Waals surface area (Å²) in [4.78, 5) is 4.48. The van der Waals surface area contributed by atoms with Crippen LogP contribution in [0.25, 0.3) is 0 Å². The van der Waals surface area contributed by atoms with E-state index in [1.807, 2.05) is 6.92 Å². The van der Waals surface area contributed by atoms with E-state index >= 15 is 0 Å². The van der Waals surface area contributed by atoms with Crippen LogP contribution in [0.5, 0.6) is 0 Å². The summed E-state index contributed by atoms with van der Waals surface area (Å²) in [6, 6.07) is 0.379. The van der Waals surface area contributed by atoms with Crippen molar-refractivity contribution in [1.29, 1.82) is 0 Å². The van der Waals surface area contributed by atoms with Crippen LogP contribution in [0.3, 0.4) is 0 Å². The van der Waals surface area contributed by atoms with Crippen molar-refractivity contribution in [3.63, 3.8) is 0 Å². The van der Waals surface area contributed by atoms with E-state index < -0.39 is 0 Å². The molecule has 16 heavy (non-hydrogen) atoms. The predicted octanol–water partition coefficient (Wildman–Crippen LogP) is 2.14. The Morgan fingerprint density at radius 3 is 3.12 bits per heavy atom. The number of piperidine rings is 1. The number of hydrogen-bond acceptors (Lipinski definition) is 3. The molecule has 0 amide bonds. The van der Waals surface area contributed by atoms with E-state index in [2.05, 4.69) is 23.3 Å². The molecule has 0 aromatic rings. The lowest BCUT2D eigenvalue weighted by molar-refractivity contribution is 0.140. The normalized spacial score (nSPS) is 30.6. The van der Waals surface area contributed by atoms with Gasteiger partial charge in [0.25, 0.3) is 0 Å². The number of aliphatic imine (C=N–C) groups is 1. The van der Waals surface area contributed by atoms with E-state index in [0.717, 1.165) is 31.0 Å². The Kier molecular flexibility index (Phi) is 3.99. The molecular formula is C13H22N2O. The van der Waals surface area contributed by atoms with Gasteiger partial charge in [-0.05, 0) is 39.3 Å². The summed E-state index contributed by atoms with van der Waals surface area (Å²) in [5.41, 5.74) is 1.09. The second kappa shape index (κ2) is 5.48. The van der Waals surface area contributed by atoms with Crippen LogP contribution in [-0.2, 0) is 4.74 Å². The lowest BCUT2D eigenvalue weighted by atomic mass is 10.0. The fourth-order valence-corrected chi connectivity index (χ4v) is 2.41. The maximum atomic E-state index is 5.90. The molecule has 0 aliphatic carbocycles. The van der Waals surface area contributed by atoms with Crippen molar-refractivity contribution < 1.29 is 4.74 Å². The summed E-state index contributed by atoms with van der Waals surface area (Å²) in [6.07, 6.45) is 5.61. The standard InChI is InChI=1S/C13H22N2O/c1-10-6-13(7-11(2)15-10)16-9-12-4-3-5-14-8-12/h6,11-12,14H,3-5,7-9H2,1-2H3/t11?,12-/m1/s1. The summed E-state index contributed by atoms with van der Waals surface area (Å²) in [5.74, 6) is 1.80. The van der Waals surface area contributed by atoms with Gasteiger partial charge in [-0.3, -0.25) is 4.99 Å².